The molecule has 5 nitrogen and oxygen atoms in total. The number of hydrogen-bond donors (Lipinski definition) is 0. The van der Waals surface area contributed by atoms with Gasteiger partial charge >= 0.3 is 0 Å². The van der Waals surface area contributed by atoms with Crippen molar-refractivity contribution in [3.05, 3.63) is 35.9 Å². The van der Waals surface area contributed by atoms with Crippen LogP contribution in [0.5, 0.6) is 11.5 Å². The van der Waals surface area contributed by atoms with Gasteiger partial charge in [0.15, 0.2) is 0 Å². The van der Waals surface area contributed by atoms with Crippen LogP contribution in [0.25, 0.3) is 0 Å². The summed E-state index contributed by atoms with van der Waals surface area (Å²) < 4.78 is 10.8. The van der Waals surface area contributed by atoms with Crippen LogP contribution in [-0.2, 0) is 0 Å². The maximum Gasteiger partial charge on any atom is 0.261 e. The highest BCUT2D eigenvalue weighted by atomic mass is 16.5. The number of allylic oxidation sites excluding steroid dienone is 2. The van der Waals surface area contributed by atoms with E-state index in [9.17, 15) is 4.79 Å². The fourth-order valence-electron chi connectivity index (χ4n) is 4.79. The molecule has 0 aromatic heterocycles. The van der Waals surface area contributed by atoms with E-state index in [0.717, 1.165) is 43.9 Å². The Kier molecular flexibility index (Phi) is 4.90. The minimum Gasteiger partial charge on any atom is -0.496 e. The van der Waals surface area contributed by atoms with Crippen LogP contribution in [0.4, 0.5) is 0 Å². The Morgan fingerprint density at radius 1 is 1.04 bits per heavy atom. The van der Waals surface area contributed by atoms with Gasteiger partial charge in [0.25, 0.3) is 5.91 Å². The van der Waals surface area contributed by atoms with Crippen LogP contribution < -0.4 is 9.47 Å². The van der Waals surface area contributed by atoms with Gasteiger partial charge in [-0.05, 0) is 42.7 Å². The molecular weight excluding hydrogens is 328 g/mol. The van der Waals surface area contributed by atoms with Crippen LogP contribution in [0.1, 0.15) is 23.2 Å². The molecule has 1 saturated carbocycles. The van der Waals surface area contributed by atoms with Gasteiger partial charge < -0.3 is 14.4 Å². The Labute approximate surface area is 155 Å². The highest BCUT2D eigenvalue weighted by Crippen LogP contribution is 2.43. The highest BCUT2D eigenvalue weighted by Gasteiger charge is 2.37. The summed E-state index contributed by atoms with van der Waals surface area (Å²) in [5.74, 6) is 3.57. The summed E-state index contributed by atoms with van der Waals surface area (Å²) in [4.78, 5) is 17.5. The maximum atomic E-state index is 13.1. The van der Waals surface area contributed by atoms with Crippen LogP contribution in [-0.4, -0.2) is 62.7 Å². The molecule has 1 saturated heterocycles. The van der Waals surface area contributed by atoms with E-state index in [0.29, 0.717) is 17.1 Å². The smallest absolute Gasteiger partial charge is 0.261 e. The lowest BCUT2D eigenvalue weighted by Crippen LogP contribution is -2.50. The van der Waals surface area contributed by atoms with Crippen molar-refractivity contribution < 1.29 is 14.3 Å². The average Bonchev–Trinajstić information content (AvgIpc) is 3.30. The number of carbonyl (C=O) groups excluding carboxylic acids is 1. The monoisotopic (exact) mass is 356 g/mol. The molecule has 0 radical (unpaired) electrons. The largest absolute Gasteiger partial charge is 0.496 e. The van der Waals surface area contributed by atoms with Gasteiger partial charge in [0.05, 0.1) is 14.2 Å². The number of amides is 1. The molecule has 1 aromatic carbocycles. The lowest BCUT2D eigenvalue weighted by Gasteiger charge is -2.37. The standard InChI is InChI=1S/C21H28N2O3/c1-25-18-4-3-5-19(26-2)20(18)21(24)23-10-8-22(9-11-23)14-17-13-15-6-7-16(17)12-15/h3-7,15-17H,8-14H2,1-2H3/t15-,16+,17-/m1/s1. The second-order valence-electron chi connectivity index (χ2n) is 7.67. The Bertz CT molecular complexity index is 672. The van der Waals surface area contributed by atoms with Crippen molar-refractivity contribution in [2.45, 2.75) is 12.8 Å². The Morgan fingerprint density at radius 2 is 1.73 bits per heavy atom. The summed E-state index contributed by atoms with van der Waals surface area (Å²) in [6, 6.07) is 5.47. The third kappa shape index (κ3) is 3.20. The first kappa shape index (κ1) is 17.4. The third-order valence-electron chi connectivity index (χ3n) is 6.21. The van der Waals surface area contributed by atoms with Crippen LogP contribution in [0, 0.1) is 17.8 Å². The molecule has 1 aromatic rings. The molecule has 4 rings (SSSR count). The predicted octanol–water partition coefficient (Wildman–Crippen LogP) is 2.67. The van der Waals surface area contributed by atoms with Crippen molar-refractivity contribution in [1.29, 1.82) is 0 Å². The third-order valence-corrected chi connectivity index (χ3v) is 6.21. The predicted molar refractivity (Wildman–Crippen MR) is 101 cm³/mol. The SMILES string of the molecule is COc1cccc(OC)c1C(=O)N1CCN(C[C@H]2C[C@@H]3C=C[C@H]2C3)CC1. The van der Waals surface area contributed by atoms with Gasteiger partial charge in [0, 0.05) is 32.7 Å². The second kappa shape index (κ2) is 7.31. The fourth-order valence-corrected chi connectivity index (χ4v) is 4.79. The summed E-state index contributed by atoms with van der Waals surface area (Å²) in [6.07, 6.45) is 7.53. The number of fused-ring (bicyclic) bond motifs is 2. The van der Waals surface area contributed by atoms with E-state index in [1.54, 1.807) is 14.2 Å². The number of piperazine rings is 1. The minimum atomic E-state index is 0.00167. The number of benzene rings is 1. The molecular formula is C21H28N2O3. The normalized spacial score (nSPS) is 27.8. The zero-order valence-electron chi connectivity index (χ0n) is 15.7. The molecule has 140 valence electrons. The molecule has 26 heavy (non-hydrogen) atoms. The zero-order chi connectivity index (χ0) is 18.1. The summed E-state index contributed by atoms with van der Waals surface area (Å²) in [7, 11) is 3.18. The number of nitrogens with zero attached hydrogens (tertiary/aromatic N) is 2. The minimum absolute atomic E-state index is 0.00167. The quantitative estimate of drug-likeness (QED) is 0.761. The summed E-state index contributed by atoms with van der Waals surface area (Å²) in [5.41, 5.74) is 0.532. The van der Waals surface area contributed by atoms with Gasteiger partial charge in [-0.15, -0.1) is 0 Å². The Balaban J connectivity index is 1.37. The number of carbonyl (C=O) groups is 1. The second-order valence-corrected chi connectivity index (χ2v) is 7.67. The molecule has 0 N–H and O–H groups in total. The summed E-state index contributed by atoms with van der Waals surface area (Å²) in [5, 5.41) is 0. The highest BCUT2D eigenvalue weighted by molar-refractivity contribution is 5.99. The number of rotatable bonds is 5. The van der Waals surface area contributed by atoms with E-state index in [-0.39, 0.29) is 5.91 Å². The summed E-state index contributed by atoms with van der Waals surface area (Å²) in [6.45, 7) is 4.58. The first-order valence-corrected chi connectivity index (χ1v) is 9.60. The molecule has 1 amide bonds. The molecule has 2 aliphatic carbocycles. The topological polar surface area (TPSA) is 42.0 Å². The molecule has 1 heterocycles. The van der Waals surface area contributed by atoms with Crippen molar-refractivity contribution in [1.82, 2.24) is 9.80 Å². The van der Waals surface area contributed by atoms with E-state index in [1.165, 1.54) is 19.4 Å². The van der Waals surface area contributed by atoms with Crippen molar-refractivity contribution in [3.8, 4) is 11.5 Å². The van der Waals surface area contributed by atoms with Gasteiger partial charge in [-0.25, -0.2) is 0 Å². The summed E-state index contributed by atoms with van der Waals surface area (Å²) >= 11 is 0. The van der Waals surface area contributed by atoms with Crippen LogP contribution in [0.3, 0.4) is 0 Å². The van der Waals surface area contributed by atoms with Crippen LogP contribution in [0.15, 0.2) is 30.4 Å². The molecule has 1 aliphatic heterocycles. The lowest BCUT2D eigenvalue weighted by molar-refractivity contribution is 0.0604. The zero-order valence-corrected chi connectivity index (χ0v) is 15.7. The van der Waals surface area contributed by atoms with Crippen LogP contribution >= 0.6 is 0 Å². The van der Waals surface area contributed by atoms with Gasteiger partial charge in [0.1, 0.15) is 17.1 Å². The van der Waals surface area contributed by atoms with Gasteiger partial charge in [-0.3, -0.25) is 9.69 Å². The molecule has 2 fully saturated rings. The van der Waals surface area contributed by atoms with Gasteiger partial charge in [-0.2, -0.15) is 0 Å². The van der Waals surface area contributed by atoms with E-state index in [2.05, 4.69) is 17.1 Å². The number of ether oxygens (including phenoxy) is 2. The van der Waals surface area contributed by atoms with E-state index in [4.69, 9.17) is 9.47 Å². The average molecular weight is 356 g/mol. The maximum absolute atomic E-state index is 13.1. The Hall–Kier alpha value is -2.01. The molecule has 5 heteroatoms. The molecule has 0 spiro atoms. The van der Waals surface area contributed by atoms with Crippen molar-refractivity contribution in [2.75, 3.05) is 46.9 Å². The molecule has 3 aliphatic rings. The first-order valence-electron chi connectivity index (χ1n) is 9.60. The van der Waals surface area contributed by atoms with E-state index in [1.807, 2.05) is 23.1 Å². The number of methoxy groups -OCH3 is 2. The van der Waals surface area contributed by atoms with Gasteiger partial charge in [0.2, 0.25) is 0 Å². The van der Waals surface area contributed by atoms with Gasteiger partial charge in [-0.1, -0.05) is 18.2 Å². The number of hydrogen-bond acceptors (Lipinski definition) is 4. The van der Waals surface area contributed by atoms with E-state index < -0.39 is 0 Å². The van der Waals surface area contributed by atoms with Crippen molar-refractivity contribution in [2.24, 2.45) is 17.8 Å². The fraction of sp³-hybridized carbons (Fsp3) is 0.571. The van der Waals surface area contributed by atoms with Crippen molar-refractivity contribution >= 4 is 5.91 Å². The van der Waals surface area contributed by atoms with Crippen LogP contribution in [0.2, 0.25) is 0 Å². The molecule has 0 unspecified atom stereocenters. The van der Waals surface area contributed by atoms with Crippen molar-refractivity contribution in [3.63, 3.8) is 0 Å². The Morgan fingerprint density at radius 3 is 2.27 bits per heavy atom. The molecule has 3 atom stereocenters. The molecule has 2 bridgehead atoms. The van der Waals surface area contributed by atoms with E-state index >= 15 is 0 Å². The first-order chi connectivity index (χ1) is 12.7. The lowest BCUT2D eigenvalue weighted by atomic mass is 9.93.